The van der Waals surface area contributed by atoms with Crippen LogP contribution in [0.2, 0.25) is 0 Å². The van der Waals surface area contributed by atoms with E-state index in [9.17, 15) is 13.2 Å². The summed E-state index contributed by atoms with van der Waals surface area (Å²) in [6, 6.07) is 3.89. The van der Waals surface area contributed by atoms with E-state index in [-0.39, 0.29) is 10.5 Å². The summed E-state index contributed by atoms with van der Waals surface area (Å²) in [6.45, 7) is 1.57. The van der Waals surface area contributed by atoms with Crippen LogP contribution in [0.15, 0.2) is 17.0 Å². The van der Waals surface area contributed by atoms with Gasteiger partial charge in [-0.1, -0.05) is 6.07 Å². The molecule has 0 bridgehead atoms. The van der Waals surface area contributed by atoms with Gasteiger partial charge in [0.2, 0.25) is 0 Å². The van der Waals surface area contributed by atoms with Crippen molar-refractivity contribution in [3.63, 3.8) is 0 Å². The normalized spacial score (nSPS) is 11.1. The van der Waals surface area contributed by atoms with Crippen LogP contribution in [-0.2, 0) is 6.18 Å². The smallest absolute Gasteiger partial charge is 0.192 e. The molecule has 1 rings (SSSR count). The highest BCUT2D eigenvalue weighted by molar-refractivity contribution is 7.80. The van der Waals surface area contributed by atoms with Gasteiger partial charge in [0.05, 0.1) is 11.1 Å². The van der Waals surface area contributed by atoms with Crippen molar-refractivity contribution in [3.05, 3.63) is 28.8 Å². The Morgan fingerprint density at radius 2 is 1.93 bits per heavy atom. The van der Waals surface area contributed by atoms with Crippen molar-refractivity contribution in [1.29, 1.82) is 5.26 Å². The molecular formula is C9H6F3NS. The average Bonchev–Trinajstić information content (AvgIpc) is 2.02. The summed E-state index contributed by atoms with van der Waals surface area (Å²) in [4.78, 5) is -0.306. The molecule has 0 aromatic heterocycles. The van der Waals surface area contributed by atoms with Gasteiger partial charge in [-0.15, -0.1) is 12.6 Å². The number of hydrogen-bond donors (Lipinski definition) is 1. The zero-order chi connectivity index (χ0) is 10.9. The van der Waals surface area contributed by atoms with Gasteiger partial charge in [0.25, 0.3) is 0 Å². The van der Waals surface area contributed by atoms with E-state index in [1.807, 2.05) is 0 Å². The van der Waals surface area contributed by atoms with Crippen LogP contribution < -0.4 is 0 Å². The predicted molar refractivity (Wildman–Crippen MR) is 48.1 cm³/mol. The minimum Gasteiger partial charge on any atom is -0.192 e. The fourth-order valence-corrected chi connectivity index (χ4v) is 1.49. The molecule has 0 aliphatic rings. The fourth-order valence-electron chi connectivity index (χ4n) is 1.06. The quantitative estimate of drug-likeness (QED) is 0.663. The second kappa shape index (κ2) is 3.54. The first-order valence-electron chi connectivity index (χ1n) is 3.67. The lowest BCUT2D eigenvalue weighted by Crippen LogP contribution is -2.07. The van der Waals surface area contributed by atoms with E-state index in [0.717, 1.165) is 6.07 Å². The van der Waals surface area contributed by atoms with Gasteiger partial charge in [0.1, 0.15) is 6.07 Å². The Kier molecular flexibility index (Phi) is 2.76. The van der Waals surface area contributed by atoms with Gasteiger partial charge in [-0.05, 0) is 18.6 Å². The van der Waals surface area contributed by atoms with E-state index < -0.39 is 11.7 Å². The van der Waals surface area contributed by atoms with Crippen molar-refractivity contribution < 1.29 is 13.2 Å². The zero-order valence-corrected chi connectivity index (χ0v) is 8.08. The van der Waals surface area contributed by atoms with Crippen molar-refractivity contribution in [3.8, 4) is 6.07 Å². The van der Waals surface area contributed by atoms with Crippen molar-refractivity contribution in [2.75, 3.05) is 0 Å². The van der Waals surface area contributed by atoms with Crippen molar-refractivity contribution >= 4 is 12.6 Å². The number of aryl methyl sites for hydroxylation is 1. The topological polar surface area (TPSA) is 23.8 Å². The number of rotatable bonds is 0. The predicted octanol–water partition coefficient (Wildman–Crippen LogP) is 3.17. The maximum absolute atomic E-state index is 12.3. The fraction of sp³-hybridized carbons (Fsp3) is 0.222. The number of nitrogens with zero attached hydrogens (tertiary/aromatic N) is 1. The van der Waals surface area contributed by atoms with Gasteiger partial charge in [-0.25, -0.2) is 0 Å². The highest BCUT2D eigenvalue weighted by Crippen LogP contribution is 2.35. The lowest BCUT2D eigenvalue weighted by molar-refractivity contribution is -0.139. The first-order valence-corrected chi connectivity index (χ1v) is 4.12. The number of thiol groups is 1. The van der Waals surface area contributed by atoms with Crippen LogP contribution in [0.4, 0.5) is 13.2 Å². The highest BCUT2D eigenvalue weighted by Gasteiger charge is 2.33. The lowest BCUT2D eigenvalue weighted by atomic mass is 10.1. The minimum atomic E-state index is -4.46. The maximum atomic E-state index is 12.3. The number of benzene rings is 1. The molecule has 0 radical (unpaired) electrons. The van der Waals surface area contributed by atoms with Gasteiger partial charge >= 0.3 is 6.18 Å². The summed E-state index contributed by atoms with van der Waals surface area (Å²) >= 11 is 3.71. The molecule has 74 valence electrons. The molecule has 0 aliphatic carbocycles. The molecule has 0 atom stereocenters. The van der Waals surface area contributed by atoms with Gasteiger partial charge in [-0.3, -0.25) is 0 Å². The number of alkyl halides is 3. The molecule has 0 spiro atoms. The summed E-state index contributed by atoms with van der Waals surface area (Å²) in [5.41, 5.74) is -0.406. The van der Waals surface area contributed by atoms with Gasteiger partial charge < -0.3 is 0 Å². The van der Waals surface area contributed by atoms with E-state index in [1.165, 1.54) is 6.07 Å². The molecule has 0 amide bonds. The third kappa shape index (κ3) is 1.85. The Morgan fingerprint density at radius 1 is 1.36 bits per heavy atom. The van der Waals surface area contributed by atoms with Crippen LogP contribution in [0.5, 0.6) is 0 Å². The summed E-state index contributed by atoms with van der Waals surface area (Å²) in [7, 11) is 0. The van der Waals surface area contributed by atoms with Gasteiger partial charge in [0, 0.05) is 4.90 Å². The van der Waals surface area contributed by atoms with Crippen molar-refractivity contribution in [2.45, 2.75) is 18.0 Å². The molecular weight excluding hydrogens is 211 g/mol. The van der Waals surface area contributed by atoms with Crippen molar-refractivity contribution in [1.82, 2.24) is 0 Å². The SMILES string of the molecule is Cc1ccc(C(F)(F)F)c(S)c1C#N. The number of nitriles is 1. The monoisotopic (exact) mass is 217 g/mol. The molecule has 14 heavy (non-hydrogen) atoms. The third-order valence-electron chi connectivity index (χ3n) is 1.80. The van der Waals surface area contributed by atoms with E-state index in [0.29, 0.717) is 5.56 Å². The molecule has 0 fully saturated rings. The number of halogens is 3. The molecule has 1 aromatic carbocycles. The standard InChI is InChI=1S/C9H6F3NS/c1-5-2-3-7(9(10,11)12)8(14)6(5)4-13/h2-3,14H,1H3. The Hall–Kier alpha value is -1.15. The molecule has 1 aromatic rings. The molecule has 0 N–H and O–H groups in total. The first kappa shape index (κ1) is 10.9. The molecule has 0 unspecified atom stereocenters. The van der Waals surface area contributed by atoms with Gasteiger partial charge in [0.15, 0.2) is 0 Å². The Labute approximate surface area is 84.6 Å². The maximum Gasteiger partial charge on any atom is 0.417 e. The minimum absolute atomic E-state index is 0.0249. The van der Waals surface area contributed by atoms with Crippen LogP contribution in [0, 0.1) is 18.3 Å². The van der Waals surface area contributed by atoms with E-state index in [2.05, 4.69) is 12.6 Å². The molecule has 0 saturated heterocycles. The second-order valence-electron chi connectivity index (χ2n) is 2.76. The Balaban J connectivity index is 3.46. The molecule has 1 nitrogen and oxygen atoms in total. The second-order valence-corrected chi connectivity index (χ2v) is 3.21. The first-order chi connectivity index (χ1) is 6.38. The van der Waals surface area contributed by atoms with Crippen LogP contribution in [0.1, 0.15) is 16.7 Å². The summed E-state index contributed by atoms with van der Waals surface area (Å²) in [5.74, 6) is 0. The van der Waals surface area contributed by atoms with Crippen LogP contribution in [-0.4, -0.2) is 0 Å². The average molecular weight is 217 g/mol. The largest absolute Gasteiger partial charge is 0.417 e. The zero-order valence-electron chi connectivity index (χ0n) is 7.18. The number of hydrogen-bond acceptors (Lipinski definition) is 2. The van der Waals surface area contributed by atoms with E-state index >= 15 is 0 Å². The van der Waals surface area contributed by atoms with Crippen LogP contribution >= 0.6 is 12.6 Å². The molecule has 0 aliphatic heterocycles. The summed E-state index contributed by atoms with van der Waals surface area (Å²) < 4.78 is 37.0. The summed E-state index contributed by atoms with van der Waals surface area (Å²) in [5, 5.41) is 8.62. The summed E-state index contributed by atoms with van der Waals surface area (Å²) in [6.07, 6.45) is -4.46. The third-order valence-corrected chi connectivity index (χ3v) is 2.27. The Bertz CT molecular complexity index is 404. The van der Waals surface area contributed by atoms with E-state index in [1.54, 1.807) is 13.0 Å². The highest BCUT2D eigenvalue weighted by atomic mass is 32.1. The van der Waals surface area contributed by atoms with Crippen LogP contribution in [0.25, 0.3) is 0 Å². The van der Waals surface area contributed by atoms with Crippen molar-refractivity contribution in [2.24, 2.45) is 0 Å². The van der Waals surface area contributed by atoms with E-state index in [4.69, 9.17) is 5.26 Å². The van der Waals surface area contributed by atoms with Crippen LogP contribution in [0.3, 0.4) is 0 Å². The molecule has 0 saturated carbocycles. The molecule has 5 heteroatoms. The molecule has 0 heterocycles. The lowest BCUT2D eigenvalue weighted by Gasteiger charge is -2.11. The van der Waals surface area contributed by atoms with Gasteiger partial charge in [-0.2, -0.15) is 18.4 Å². The Morgan fingerprint density at radius 3 is 2.36 bits per heavy atom.